The van der Waals surface area contributed by atoms with Gasteiger partial charge in [-0.2, -0.15) is 0 Å². The van der Waals surface area contributed by atoms with Gasteiger partial charge in [0.15, 0.2) is 0 Å². The van der Waals surface area contributed by atoms with Crippen LogP contribution >= 0.6 is 0 Å². The second-order valence-electron chi connectivity index (χ2n) is 4.95. The number of carboxylic acid groups (broad SMARTS) is 1. The average Bonchev–Trinajstić information content (AvgIpc) is 2.52. The zero-order chi connectivity index (χ0) is 15.1. The molecular weight excluding hydrogens is 270 g/mol. The minimum absolute atomic E-state index is 0.219. The first kappa shape index (κ1) is 15.1. The van der Waals surface area contributed by atoms with Crippen LogP contribution in [0.4, 0.5) is 0 Å². The highest BCUT2D eigenvalue weighted by Gasteiger charge is 2.33. The number of carbonyl (C=O) groups excluding carboxylic acids is 1. The fourth-order valence-electron chi connectivity index (χ4n) is 2.37. The first-order chi connectivity index (χ1) is 10.2. The van der Waals surface area contributed by atoms with Crippen molar-refractivity contribution in [2.24, 2.45) is 11.8 Å². The lowest BCUT2D eigenvalue weighted by atomic mass is 9.82. The maximum atomic E-state index is 12.1. The Morgan fingerprint density at radius 3 is 2.48 bits per heavy atom. The SMILES string of the molecule is O=C(O)[C@H]1CC=CC[C@H]1C(=O)NCCOc1ccccc1. The van der Waals surface area contributed by atoms with E-state index in [0.717, 1.165) is 5.75 Å². The monoisotopic (exact) mass is 289 g/mol. The molecule has 2 rings (SSSR count). The minimum Gasteiger partial charge on any atom is -0.492 e. The van der Waals surface area contributed by atoms with E-state index in [0.29, 0.717) is 26.0 Å². The maximum Gasteiger partial charge on any atom is 0.307 e. The highest BCUT2D eigenvalue weighted by Crippen LogP contribution is 2.25. The number of carboxylic acids is 1. The molecule has 1 aliphatic carbocycles. The van der Waals surface area contributed by atoms with Gasteiger partial charge in [-0.15, -0.1) is 0 Å². The van der Waals surface area contributed by atoms with E-state index in [2.05, 4.69) is 5.32 Å². The van der Waals surface area contributed by atoms with Gasteiger partial charge >= 0.3 is 5.97 Å². The number of amides is 1. The lowest BCUT2D eigenvalue weighted by Gasteiger charge is -2.24. The molecule has 5 heteroatoms. The van der Waals surface area contributed by atoms with Crippen LogP contribution in [-0.4, -0.2) is 30.1 Å². The van der Waals surface area contributed by atoms with Crippen molar-refractivity contribution in [3.8, 4) is 5.75 Å². The number of benzene rings is 1. The molecule has 5 nitrogen and oxygen atoms in total. The molecule has 2 atom stereocenters. The predicted molar refractivity (Wildman–Crippen MR) is 77.9 cm³/mol. The summed E-state index contributed by atoms with van der Waals surface area (Å²) in [6.07, 6.45) is 4.57. The molecule has 21 heavy (non-hydrogen) atoms. The molecule has 0 bridgehead atoms. The van der Waals surface area contributed by atoms with E-state index in [1.165, 1.54) is 0 Å². The molecule has 0 spiro atoms. The quantitative estimate of drug-likeness (QED) is 0.619. The average molecular weight is 289 g/mol. The highest BCUT2D eigenvalue weighted by atomic mass is 16.5. The summed E-state index contributed by atoms with van der Waals surface area (Å²) in [5.41, 5.74) is 0. The van der Waals surface area contributed by atoms with E-state index < -0.39 is 17.8 Å². The van der Waals surface area contributed by atoms with Crippen molar-refractivity contribution in [2.75, 3.05) is 13.2 Å². The van der Waals surface area contributed by atoms with Crippen LogP contribution in [0.2, 0.25) is 0 Å². The zero-order valence-electron chi connectivity index (χ0n) is 11.7. The van der Waals surface area contributed by atoms with Gasteiger partial charge in [-0.3, -0.25) is 9.59 Å². The number of aliphatic carboxylic acids is 1. The van der Waals surface area contributed by atoms with Crippen molar-refractivity contribution in [1.82, 2.24) is 5.32 Å². The molecule has 0 unspecified atom stereocenters. The van der Waals surface area contributed by atoms with Crippen molar-refractivity contribution in [3.05, 3.63) is 42.5 Å². The fourth-order valence-corrected chi connectivity index (χ4v) is 2.37. The zero-order valence-corrected chi connectivity index (χ0v) is 11.7. The van der Waals surface area contributed by atoms with Crippen LogP contribution in [-0.2, 0) is 9.59 Å². The van der Waals surface area contributed by atoms with E-state index in [9.17, 15) is 9.59 Å². The molecule has 1 amide bonds. The number of carbonyl (C=O) groups is 2. The van der Waals surface area contributed by atoms with Crippen LogP contribution in [0.5, 0.6) is 5.75 Å². The normalized spacial score (nSPS) is 20.8. The summed E-state index contributed by atoms with van der Waals surface area (Å²) in [5, 5.41) is 11.9. The second-order valence-corrected chi connectivity index (χ2v) is 4.95. The number of ether oxygens (including phenoxy) is 1. The van der Waals surface area contributed by atoms with E-state index in [4.69, 9.17) is 9.84 Å². The van der Waals surface area contributed by atoms with E-state index in [-0.39, 0.29) is 5.91 Å². The van der Waals surface area contributed by atoms with E-state index in [1.807, 2.05) is 42.5 Å². The van der Waals surface area contributed by atoms with Crippen LogP contribution in [0.25, 0.3) is 0 Å². The Balaban J connectivity index is 1.76. The smallest absolute Gasteiger partial charge is 0.307 e. The third-order valence-electron chi connectivity index (χ3n) is 3.50. The van der Waals surface area contributed by atoms with Gasteiger partial charge in [0.05, 0.1) is 18.4 Å². The predicted octanol–water partition coefficient (Wildman–Crippen LogP) is 1.85. The molecule has 0 radical (unpaired) electrons. The van der Waals surface area contributed by atoms with Crippen LogP contribution in [0, 0.1) is 11.8 Å². The van der Waals surface area contributed by atoms with Crippen molar-refractivity contribution >= 4 is 11.9 Å². The Bertz CT molecular complexity index is 512. The molecule has 112 valence electrons. The van der Waals surface area contributed by atoms with Gasteiger partial charge < -0.3 is 15.2 Å². The Morgan fingerprint density at radius 2 is 1.81 bits per heavy atom. The molecule has 0 aliphatic heterocycles. The summed E-state index contributed by atoms with van der Waals surface area (Å²) < 4.78 is 5.47. The number of para-hydroxylation sites is 1. The van der Waals surface area contributed by atoms with Crippen LogP contribution in [0.1, 0.15) is 12.8 Å². The molecule has 0 aromatic heterocycles. The molecule has 2 N–H and O–H groups in total. The maximum absolute atomic E-state index is 12.1. The number of nitrogens with one attached hydrogen (secondary N) is 1. The van der Waals surface area contributed by atoms with Gasteiger partial charge in [-0.1, -0.05) is 30.4 Å². The van der Waals surface area contributed by atoms with Crippen molar-refractivity contribution in [3.63, 3.8) is 0 Å². The molecule has 1 aromatic carbocycles. The molecule has 0 heterocycles. The number of allylic oxidation sites excluding steroid dienone is 2. The topological polar surface area (TPSA) is 75.6 Å². The first-order valence-electron chi connectivity index (χ1n) is 7.02. The van der Waals surface area contributed by atoms with E-state index in [1.54, 1.807) is 0 Å². The van der Waals surface area contributed by atoms with Crippen LogP contribution < -0.4 is 10.1 Å². The van der Waals surface area contributed by atoms with Gasteiger partial charge in [0, 0.05) is 0 Å². The molecule has 0 saturated carbocycles. The van der Waals surface area contributed by atoms with Crippen LogP contribution in [0.15, 0.2) is 42.5 Å². The lowest BCUT2D eigenvalue weighted by Crippen LogP contribution is -2.40. The van der Waals surface area contributed by atoms with Gasteiger partial charge in [0.25, 0.3) is 0 Å². The summed E-state index contributed by atoms with van der Waals surface area (Å²) in [6, 6.07) is 9.33. The summed E-state index contributed by atoms with van der Waals surface area (Å²) in [6.45, 7) is 0.719. The van der Waals surface area contributed by atoms with Gasteiger partial charge in [-0.25, -0.2) is 0 Å². The molecule has 0 saturated heterocycles. The first-order valence-corrected chi connectivity index (χ1v) is 7.02. The standard InChI is InChI=1S/C16H19NO4/c18-15(13-8-4-5-9-14(13)16(19)20)17-10-11-21-12-6-2-1-3-7-12/h1-7,13-14H,8-11H2,(H,17,18)(H,19,20)/t13-,14+/m1/s1. The third kappa shape index (κ3) is 4.34. The number of hydrogen-bond acceptors (Lipinski definition) is 3. The second kappa shape index (κ2) is 7.47. The van der Waals surface area contributed by atoms with Gasteiger partial charge in [0.2, 0.25) is 5.91 Å². The minimum atomic E-state index is -0.917. The van der Waals surface area contributed by atoms with Crippen LogP contribution in [0.3, 0.4) is 0 Å². The molecule has 1 aliphatic rings. The number of hydrogen-bond donors (Lipinski definition) is 2. The van der Waals surface area contributed by atoms with E-state index >= 15 is 0 Å². The molecule has 1 aromatic rings. The highest BCUT2D eigenvalue weighted by molar-refractivity contribution is 5.85. The summed E-state index contributed by atoms with van der Waals surface area (Å²) >= 11 is 0. The third-order valence-corrected chi connectivity index (χ3v) is 3.50. The Kier molecular flexibility index (Phi) is 5.37. The molecule has 0 fully saturated rings. The Hall–Kier alpha value is -2.30. The van der Waals surface area contributed by atoms with Gasteiger partial charge in [-0.05, 0) is 25.0 Å². The molecular formula is C16H19NO4. The Morgan fingerprint density at radius 1 is 1.14 bits per heavy atom. The summed E-state index contributed by atoms with van der Waals surface area (Å²) in [4.78, 5) is 23.2. The van der Waals surface area contributed by atoms with Crippen molar-refractivity contribution < 1.29 is 19.4 Å². The number of rotatable bonds is 6. The van der Waals surface area contributed by atoms with Crippen molar-refractivity contribution in [2.45, 2.75) is 12.8 Å². The van der Waals surface area contributed by atoms with Gasteiger partial charge in [0.1, 0.15) is 12.4 Å². The Labute approximate surface area is 123 Å². The largest absolute Gasteiger partial charge is 0.492 e. The lowest BCUT2D eigenvalue weighted by molar-refractivity contribution is -0.147. The summed E-state index contributed by atoms with van der Waals surface area (Å²) in [7, 11) is 0. The fraction of sp³-hybridized carbons (Fsp3) is 0.375. The summed E-state index contributed by atoms with van der Waals surface area (Å²) in [5.74, 6) is -1.52. The van der Waals surface area contributed by atoms with Crippen molar-refractivity contribution in [1.29, 1.82) is 0 Å².